The molecule has 3 heteroatoms. The van der Waals surface area contributed by atoms with E-state index < -0.39 is 6.17 Å². The van der Waals surface area contributed by atoms with E-state index in [9.17, 15) is 4.39 Å². The van der Waals surface area contributed by atoms with Crippen LogP contribution in [-0.4, -0.2) is 17.6 Å². The number of halogens is 1. The van der Waals surface area contributed by atoms with Crippen LogP contribution < -0.4 is 0 Å². The molecule has 1 atom stereocenters. The second-order valence-corrected chi connectivity index (χ2v) is 2.03. The third kappa shape index (κ3) is 1.02. The van der Waals surface area contributed by atoms with E-state index in [0.29, 0.717) is 5.70 Å². The molecule has 9 heavy (non-hydrogen) atoms. The van der Waals surface area contributed by atoms with E-state index >= 15 is 0 Å². The van der Waals surface area contributed by atoms with Crippen LogP contribution in [-0.2, 0) is 0 Å². The van der Waals surface area contributed by atoms with Gasteiger partial charge in [-0.15, -0.1) is 0 Å². The minimum Gasteiger partial charge on any atom is -0.281 e. The van der Waals surface area contributed by atoms with Crippen LogP contribution in [0.4, 0.5) is 4.39 Å². The molecule has 0 unspecified atom stereocenters. The van der Waals surface area contributed by atoms with Crippen LogP contribution in [0.1, 0.15) is 6.92 Å². The molecule has 48 valence electrons. The molecule has 2 nitrogen and oxygen atoms in total. The normalized spacial score (nSPS) is 25.7. The quantitative estimate of drug-likeness (QED) is 0.453. The van der Waals surface area contributed by atoms with Crippen molar-refractivity contribution < 1.29 is 4.39 Å². The summed E-state index contributed by atoms with van der Waals surface area (Å²) in [6, 6.07) is 0. The van der Waals surface area contributed by atoms with Crippen molar-refractivity contribution in [2.45, 2.75) is 13.1 Å². The Balaban J connectivity index is 2.67. The van der Waals surface area contributed by atoms with E-state index in [1.54, 1.807) is 6.92 Å². The fraction of sp³-hybridized carbons (Fsp3) is 0.500. The Morgan fingerprint density at radius 2 is 2.67 bits per heavy atom. The summed E-state index contributed by atoms with van der Waals surface area (Å²) in [5, 5.41) is 8.32. The minimum atomic E-state index is -0.954. The summed E-state index contributed by atoms with van der Waals surface area (Å²) in [7, 11) is 0. The summed E-state index contributed by atoms with van der Waals surface area (Å²) in [5.74, 6) is 0. The average molecular weight is 126 g/mol. The van der Waals surface area contributed by atoms with E-state index in [4.69, 9.17) is 5.26 Å². The van der Waals surface area contributed by atoms with Crippen LogP contribution in [0.2, 0.25) is 0 Å². The topological polar surface area (TPSA) is 27.0 Å². The first-order valence-corrected chi connectivity index (χ1v) is 2.74. The molecular formula is C6H7FN2. The lowest BCUT2D eigenvalue weighted by atomic mass is 10.4. The monoisotopic (exact) mass is 126 g/mol. The standard InChI is InChI=1S/C6H7FN2/c1-5-2-6(7)3-9(5)4-8/h2,6H,3H2,1H3/t6-/m0/s1. The van der Waals surface area contributed by atoms with E-state index in [2.05, 4.69) is 0 Å². The zero-order chi connectivity index (χ0) is 6.85. The second-order valence-electron chi connectivity index (χ2n) is 2.03. The second kappa shape index (κ2) is 2.06. The summed E-state index contributed by atoms with van der Waals surface area (Å²) < 4.78 is 12.3. The van der Waals surface area contributed by atoms with Crippen molar-refractivity contribution in [3.05, 3.63) is 11.8 Å². The molecule has 0 aromatic carbocycles. The number of hydrogen-bond acceptors (Lipinski definition) is 2. The molecule has 0 aliphatic carbocycles. The van der Waals surface area contributed by atoms with Gasteiger partial charge in [-0.25, -0.2) is 4.39 Å². The number of rotatable bonds is 0. The van der Waals surface area contributed by atoms with Gasteiger partial charge in [-0.05, 0) is 13.0 Å². The van der Waals surface area contributed by atoms with Crippen LogP contribution >= 0.6 is 0 Å². The maximum absolute atomic E-state index is 12.3. The lowest BCUT2D eigenvalue weighted by Gasteiger charge is -2.06. The number of alkyl halides is 1. The smallest absolute Gasteiger partial charge is 0.184 e. The van der Waals surface area contributed by atoms with Crippen LogP contribution in [0.3, 0.4) is 0 Å². The summed E-state index contributed by atoms with van der Waals surface area (Å²) in [6.07, 6.45) is 2.36. The number of hydrogen-bond donors (Lipinski definition) is 0. The summed E-state index contributed by atoms with van der Waals surface area (Å²) in [4.78, 5) is 1.34. The van der Waals surface area contributed by atoms with Crippen molar-refractivity contribution in [2.24, 2.45) is 0 Å². The number of allylic oxidation sites excluding steroid dienone is 1. The van der Waals surface area contributed by atoms with Crippen LogP contribution in [0.15, 0.2) is 11.8 Å². The molecule has 0 N–H and O–H groups in total. The summed E-state index contributed by atoms with van der Waals surface area (Å²) in [5.41, 5.74) is 0.713. The Morgan fingerprint density at radius 3 is 2.89 bits per heavy atom. The lowest BCUT2D eigenvalue weighted by molar-refractivity contribution is 0.356. The van der Waals surface area contributed by atoms with Gasteiger partial charge in [0.25, 0.3) is 0 Å². The highest BCUT2D eigenvalue weighted by Crippen LogP contribution is 2.14. The van der Waals surface area contributed by atoms with Crippen molar-refractivity contribution in [1.29, 1.82) is 5.26 Å². The molecule has 1 heterocycles. The predicted molar refractivity (Wildman–Crippen MR) is 31.0 cm³/mol. The fourth-order valence-corrected chi connectivity index (χ4v) is 0.842. The Bertz CT molecular complexity index is 180. The minimum absolute atomic E-state index is 0.197. The van der Waals surface area contributed by atoms with E-state index in [1.807, 2.05) is 6.19 Å². The number of nitrogens with zero attached hydrogens (tertiary/aromatic N) is 2. The molecule has 0 radical (unpaired) electrons. The van der Waals surface area contributed by atoms with Gasteiger partial charge in [-0.2, -0.15) is 5.26 Å². The molecule has 1 aliphatic rings. The van der Waals surface area contributed by atoms with Crippen molar-refractivity contribution in [3.8, 4) is 6.19 Å². The third-order valence-corrected chi connectivity index (χ3v) is 1.33. The van der Waals surface area contributed by atoms with E-state index in [1.165, 1.54) is 11.0 Å². The lowest BCUT2D eigenvalue weighted by Crippen LogP contribution is -2.14. The molecule has 1 aliphatic heterocycles. The first kappa shape index (κ1) is 6.09. The molecule has 0 aromatic heterocycles. The molecule has 0 saturated carbocycles. The van der Waals surface area contributed by atoms with Gasteiger partial charge in [0, 0.05) is 5.70 Å². The first-order valence-electron chi connectivity index (χ1n) is 2.74. The molecule has 0 amide bonds. The molecule has 0 aromatic rings. The Morgan fingerprint density at radius 1 is 2.00 bits per heavy atom. The Labute approximate surface area is 53.2 Å². The average Bonchev–Trinajstić information content (AvgIpc) is 2.10. The molecule has 0 bridgehead atoms. The molecular weight excluding hydrogens is 119 g/mol. The SMILES string of the molecule is CC1=C[C@H](F)CN1C#N. The molecule has 1 rings (SSSR count). The van der Waals surface area contributed by atoms with Gasteiger partial charge in [0.1, 0.15) is 6.17 Å². The maximum atomic E-state index is 12.3. The van der Waals surface area contributed by atoms with Crippen LogP contribution in [0.25, 0.3) is 0 Å². The number of nitriles is 1. The molecule has 0 fully saturated rings. The van der Waals surface area contributed by atoms with Crippen molar-refractivity contribution in [1.82, 2.24) is 4.90 Å². The zero-order valence-corrected chi connectivity index (χ0v) is 5.13. The van der Waals surface area contributed by atoms with Gasteiger partial charge in [0.2, 0.25) is 0 Å². The van der Waals surface area contributed by atoms with Gasteiger partial charge < -0.3 is 0 Å². The van der Waals surface area contributed by atoms with Gasteiger partial charge >= 0.3 is 0 Å². The fourth-order valence-electron chi connectivity index (χ4n) is 0.842. The largest absolute Gasteiger partial charge is 0.281 e. The Kier molecular flexibility index (Phi) is 1.39. The van der Waals surface area contributed by atoms with Gasteiger partial charge in [0.15, 0.2) is 6.19 Å². The van der Waals surface area contributed by atoms with Gasteiger partial charge in [-0.1, -0.05) is 0 Å². The first-order chi connectivity index (χ1) is 4.24. The molecule has 0 saturated heterocycles. The van der Waals surface area contributed by atoms with Gasteiger partial charge in [-0.3, -0.25) is 4.90 Å². The zero-order valence-electron chi connectivity index (χ0n) is 5.13. The Hall–Kier alpha value is -1.04. The highest BCUT2D eigenvalue weighted by molar-refractivity contribution is 5.13. The predicted octanol–water partition coefficient (Wildman–Crippen LogP) is 1.02. The summed E-state index contributed by atoms with van der Waals surface area (Å²) >= 11 is 0. The highest BCUT2D eigenvalue weighted by atomic mass is 19.1. The van der Waals surface area contributed by atoms with Crippen LogP contribution in [0.5, 0.6) is 0 Å². The summed E-state index contributed by atoms with van der Waals surface area (Å²) in [6.45, 7) is 1.92. The van der Waals surface area contributed by atoms with Gasteiger partial charge in [0.05, 0.1) is 6.54 Å². The van der Waals surface area contributed by atoms with E-state index in [0.717, 1.165) is 0 Å². The van der Waals surface area contributed by atoms with Crippen molar-refractivity contribution in [3.63, 3.8) is 0 Å². The van der Waals surface area contributed by atoms with Crippen molar-refractivity contribution in [2.75, 3.05) is 6.54 Å². The highest BCUT2D eigenvalue weighted by Gasteiger charge is 2.18. The third-order valence-electron chi connectivity index (χ3n) is 1.33. The molecule has 0 spiro atoms. The van der Waals surface area contributed by atoms with E-state index in [-0.39, 0.29) is 6.54 Å². The maximum Gasteiger partial charge on any atom is 0.184 e. The van der Waals surface area contributed by atoms with Crippen LogP contribution in [0, 0.1) is 11.5 Å². The van der Waals surface area contributed by atoms with Crippen molar-refractivity contribution >= 4 is 0 Å².